The van der Waals surface area contributed by atoms with Gasteiger partial charge < -0.3 is 15.0 Å². The first kappa shape index (κ1) is 32.4. The summed E-state index contributed by atoms with van der Waals surface area (Å²) in [6.45, 7) is 3.18. The summed E-state index contributed by atoms with van der Waals surface area (Å²) in [6.07, 6.45) is 5.39. The highest BCUT2D eigenvalue weighted by atomic mass is 35.5. The molecule has 230 valence electrons. The highest BCUT2D eigenvalue weighted by molar-refractivity contribution is 7.92. The number of nitrogens with zero attached hydrogens (tertiary/aromatic N) is 2. The topological polar surface area (TPSA) is 96.0 Å². The Morgan fingerprint density at radius 1 is 1.00 bits per heavy atom. The van der Waals surface area contributed by atoms with E-state index in [1.165, 1.54) is 24.1 Å². The third kappa shape index (κ3) is 7.89. The minimum atomic E-state index is -4.21. The average Bonchev–Trinajstić information content (AvgIpc) is 3.01. The number of ether oxygens (including phenoxy) is 1. The summed E-state index contributed by atoms with van der Waals surface area (Å²) in [4.78, 5) is 29.5. The van der Waals surface area contributed by atoms with Crippen LogP contribution in [0, 0.1) is 6.92 Å². The number of hydrogen-bond donors (Lipinski definition) is 1. The third-order valence-corrected chi connectivity index (χ3v) is 9.99. The fraction of sp³-hybridized carbons (Fsp3) is 0.394. The Hall–Kier alpha value is -3.56. The zero-order chi connectivity index (χ0) is 31.0. The van der Waals surface area contributed by atoms with Crippen LogP contribution < -0.4 is 14.4 Å². The van der Waals surface area contributed by atoms with Crippen molar-refractivity contribution in [1.29, 1.82) is 0 Å². The molecule has 0 saturated heterocycles. The second-order valence-electron chi connectivity index (χ2n) is 10.9. The van der Waals surface area contributed by atoms with E-state index in [9.17, 15) is 18.0 Å². The summed E-state index contributed by atoms with van der Waals surface area (Å²) < 4.78 is 34.9. The summed E-state index contributed by atoms with van der Waals surface area (Å²) in [5.74, 6) is -0.480. The lowest BCUT2D eigenvalue weighted by Gasteiger charge is -2.35. The van der Waals surface area contributed by atoms with Gasteiger partial charge in [0.15, 0.2) is 0 Å². The quantitative estimate of drug-likeness (QED) is 0.262. The van der Waals surface area contributed by atoms with E-state index < -0.39 is 28.5 Å². The summed E-state index contributed by atoms with van der Waals surface area (Å²) >= 11 is 6.51. The van der Waals surface area contributed by atoms with E-state index in [0.29, 0.717) is 22.8 Å². The van der Waals surface area contributed by atoms with Gasteiger partial charge >= 0.3 is 0 Å². The van der Waals surface area contributed by atoms with Crippen molar-refractivity contribution in [3.05, 3.63) is 88.9 Å². The van der Waals surface area contributed by atoms with Crippen molar-refractivity contribution < 1.29 is 22.7 Å². The molecule has 1 fully saturated rings. The minimum Gasteiger partial charge on any atom is -0.495 e. The number of aryl methyl sites for hydroxylation is 1. The van der Waals surface area contributed by atoms with Crippen LogP contribution in [-0.4, -0.2) is 50.9 Å². The Morgan fingerprint density at radius 2 is 1.67 bits per heavy atom. The minimum absolute atomic E-state index is 0.0334. The number of sulfonamides is 1. The van der Waals surface area contributed by atoms with E-state index >= 15 is 0 Å². The van der Waals surface area contributed by atoms with Crippen LogP contribution in [0.25, 0.3) is 0 Å². The largest absolute Gasteiger partial charge is 0.495 e. The summed E-state index contributed by atoms with van der Waals surface area (Å²) in [6, 6.07) is 19.5. The zero-order valence-corrected chi connectivity index (χ0v) is 26.5. The van der Waals surface area contributed by atoms with Crippen molar-refractivity contribution >= 4 is 39.1 Å². The molecule has 4 rings (SSSR count). The predicted octanol–water partition coefficient (Wildman–Crippen LogP) is 6.11. The van der Waals surface area contributed by atoms with Crippen LogP contribution in [0.15, 0.2) is 77.7 Å². The molecule has 0 bridgehead atoms. The Bertz CT molecular complexity index is 1510. The fourth-order valence-electron chi connectivity index (χ4n) is 5.50. The molecule has 0 heterocycles. The normalized spacial score (nSPS) is 14.5. The van der Waals surface area contributed by atoms with Gasteiger partial charge in [-0.3, -0.25) is 13.9 Å². The molecule has 8 nitrogen and oxygen atoms in total. The van der Waals surface area contributed by atoms with Gasteiger partial charge in [-0.1, -0.05) is 80.3 Å². The highest BCUT2D eigenvalue weighted by Crippen LogP contribution is 2.34. The monoisotopic (exact) mass is 625 g/mol. The van der Waals surface area contributed by atoms with Crippen molar-refractivity contribution in [2.24, 2.45) is 0 Å². The maximum absolute atomic E-state index is 14.4. The second-order valence-corrected chi connectivity index (χ2v) is 13.2. The van der Waals surface area contributed by atoms with Gasteiger partial charge in [-0.15, -0.1) is 0 Å². The first-order chi connectivity index (χ1) is 20.6. The van der Waals surface area contributed by atoms with Gasteiger partial charge in [0.25, 0.3) is 10.0 Å². The van der Waals surface area contributed by atoms with E-state index in [1.807, 2.05) is 26.0 Å². The molecule has 2 amide bonds. The Labute approximate surface area is 260 Å². The molecule has 1 saturated carbocycles. The van der Waals surface area contributed by atoms with Crippen molar-refractivity contribution in [1.82, 2.24) is 10.2 Å². The van der Waals surface area contributed by atoms with Crippen LogP contribution in [0.4, 0.5) is 5.69 Å². The molecule has 0 spiro atoms. The molecule has 3 aromatic rings. The van der Waals surface area contributed by atoms with E-state index in [2.05, 4.69) is 5.32 Å². The third-order valence-electron chi connectivity index (χ3n) is 7.85. The lowest BCUT2D eigenvalue weighted by atomic mass is 9.95. The molecule has 1 atom stereocenters. The molecule has 43 heavy (non-hydrogen) atoms. The number of methoxy groups -OCH3 is 1. The first-order valence-electron chi connectivity index (χ1n) is 14.7. The molecular weight excluding hydrogens is 586 g/mol. The van der Waals surface area contributed by atoms with E-state index in [4.69, 9.17) is 16.3 Å². The molecule has 1 N–H and O–H groups in total. The standard InChI is InChI=1S/C33H40ClN3O5S/c1-4-29(33(39)35-26-14-7-5-8-15-26)36(22-25-13-11-12-18-28(25)34)32(38)23-37(30-21-24(2)19-20-31(30)42-3)43(40,41)27-16-9-6-10-17-27/h6,9-13,16-21,26,29H,4-5,7-8,14-15,22-23H2,1-3H3,(H,35,39). The molecule has 0 radical (unpaired) electrons. The zero-order valence-electron chi connectivity index (χ0n) is 25.0. The number of carbonyl (C=O) groups excluding carboxylic acids is 2. The van der Waals surface area contributed by atoms with E-state index in [-0.39, 0.29) is 29.1 Å². The molecule has 1 unspecified atom stereocenters. The number of hydrogen-bond acceptors (Lipinski definition) is 5. The lowest BCUT2D eigenvalue weighted by Crippen LogP contribution is -2.54. The van der Waals surface area contributed by atoms with Gasteiger partial charge in [-0.05, 0) is 67.6 Å². The molecule has 10 heteroatoms. The number of halogens is 1. The Morgan fingerprint density at radius 3 is 2.33 bits per heavy atom. The van der Waals surface area contributed by atoms with Crippen molar-refractivity contribution in [2.75, 3.05) is 18.0 Å². The summed E-state index contributed by atoms with van der Waals surface area (Å²) in [5, 5.41) is 3.61. The van der Waals surface area contributed by atoms with Crippen molar-refractivity contribution in [3.8, 4) is 5.75 Å². The Kier molecular flexibility index (Phi) is 11.1. The molecule has 1 aliphatic carbocycles. The maximum atomic E-state index is 14.4. The van der Waals surface area contributed by atoms with Crippen molar-refractivity contribution in [2.45, 2.75) is 75.9 Å². The average molecular weight is 626 g/mol. The SMILES string of the molecule is CCC(C(=O)NC1CCCCC1)N(Cc1ccccc1Cl)C(=O)CN(c1cc(C)ccc1OC)S(=O)(=O)c1ccccc1. The number of benzene rings is 3. The van der Waals surface area contributed by atoms with Crippen LogP contribution in [0.5, 0.6) is 5.75 Å². The van der Waals surface area contributed by atoms with Gasteiger partial charge in [0.05, 0.1) is 17.7 Å². The molecular formula is C33H40ClN3O5S. The predicted molar refractivity (Wildman–Crippen MR) is 170 cm³/mol. The van der Waals surface area contributed by atoms with Gasteiger partial charge in [0, 0.05) is 17.6 Å². The van der Waals surface area contributed by atoms with Gasteiger partial charge in [-0.2, -0.15) is 0 Å². The van der Waals surface area contributed by atoms with Crippen LogP contribution in [0.1, 0.15) is 56.6 Å². The fourth-order valence-corrected chi connectivity index (χ4v) is 7.13. The number of rotatable bonds is 12. The van der Waals surface area contributed by atoms with Crippen LogP contribution in [-0.2, 0) is 26.2 Å². The number of nitrogens with one attached hydrogen (secondary N) is 1. The van der Waals surface area contributed by atoms with E-state index in [1.54, 1.807) is 48.5 Å². The number of amides is 2. The molecule has 3 aromatic carbocycles. The van der Waals surface area contributed by atoms with Gasteiger partial charge in [-0.25, -0.2) is 8.42 Å². The van der Waals surface area contributed by atoms with Gasteiger partial charge in [0.2, 0.25) is 11.8 Å². The summed E-state index contributed by atoms with van der Waals surface area (Å²) in [7, 11) is -2.76. The maximum Gasteiger partial charge on any atom is 0.264 e. The Balaban J connectivity index is 1.76. The van der Waals surface area contributed by atoms with Crippen LogP contribution in [0.3, 0.4) is 0 Å². The highest BCUT2D eigenvalue weighted by Gasteiger charge is 2.35. The molecule has 0 aromatic heterocycles. The second kappa shape index (κ2) is 14.8. The first-order valence-corrected chi connectivity index (χ1v) is 16.5. The van der Waals surface area contributed by atoms with Crippen LogP contribution in [0.2, 0.25) is 5.02 Å². The molecule has 0 aliphatic heterocycles. The van der Waals surface area contributed by atoms with Crippen LogP contribution >= 0.6 is 11.6 Å². The van der Waals surface area contributed by atoms with Crippen molar-refractivity contribution in [3.63, 3.8) is 0 Å². The lowest BCUT2D eigenvalue weighted by molar-refractivity contribution is -0.140. The number of carbonyl (C=O) groups is 2. The van der Waals surface area contributed by atoms with E-state index in [0.717, 1.165) is 42.0 Å². The number of anilines is 1. The smallest absolute Gasteiger partial charge is 0.264 e. The summed E-state index contributed by atoms with van der Waals surface area (Å²) in [5.41, 5.74) is 1.69. The van der Waals surface area contributed by atoms with Gasteiger partial charge in [0.1, 0.15) is 18.3 Å². The molecule has 1 aliphatic rings.